The molecule has 0 spiro atoms. The van der Waals surface area contributed by atoms with Gasteiger partial charge in [0, 0.05) is 5.92 Å². The topological polar surface area (TPSA) is 55.8 Å². The van der Waals surface area contributed by atoms with Gasteiger partial charge in [0.2, 0.25) is 0 Å². The van der Waals surface area contributed by atoms with Crippen LogP contribution in [0, 0.1) is 5.92 Å². The van der Waals surface area contributed by atoms with Crippen molar-refractivity contribution in [3.8, 4) is 0 Å². The molecule has 3 unspecified atom stereocenters. The Morgan fingerprint density at radius 1 is 1.39 bits per heavy atom. The minimum absolute atomic E-state index is 0.0382. The van der Waals surface area contributed by atoms with Crippen molar-refractivity contribution in [3.05, 3.63) is 22.4 Å². The van der Waals surface area contributed by atoms with Crippen LogP contribution in [0.3, 0.4) is 0 Å². The highest BCUT2D eigenvalue weighted by Crippen LogP contribution is 2.26. The van der Waals surface area contributed by atoms with Crippen molar-refractivity contribution < 1.29 is 19.1 Å². The number of carbonyl (C=O) groups is 2. The number of ketones is 1. The lowest BCUT2D eigenvalue weighted by atomic mass is 9.93. The van der Waals surface area contributed by atoms with Gasteiger partial charge in [-0.1, -0.05) is 13.0 Å². The van der Waals surface area contributed by atoms with Gasteiger partial charge in [0.15, 0.2) is 5.78 Å². The lowest BCUT2D eigenvalue weighted by Crippen LogP contribution is -2.58. The third kappa shape index (κ3) is 4.32. The van der Waals surface area contributed by atoms with Crippen LogP contribution in [0.15, 0.2) is 17.5 Å². The monoisotopic (exact) mass is 339 g/mol. The van der Waals surface area contributed by atoms with Crippen molar-refractivity contribution in [2.75, 3.05) is 13.2 Å². The van der Waals surface area contributed by atoms with E-state index < -0.39 is 5.60 Å². The van der Waals surface area contributed by atoms with Gasteiger partial charge in [-0.3, -0.25) is 9.69 Å². The number of morpholine rings is 1. The van der Waals surface area contributed by atoms with Crippen LogP contribution < -0.4 is 0 Å². The van der Waals surface area contributed by atoms with Gasteiger partial charge in [-0.15, -0.1) is 11.3 Å². The van der Waals surface area contributed by atoms with Crippen molar-refractivity contribution in [3.63, 3.8) is 0 Å². The SMILES string of the molecule is CC(C(=O)c1cccs1)C1COCC(C)N1C(=O)OC(C)(C)C. The normalized spacial score (nSPS) is 23.4. The van der Waals surface area contributed by atoms with Crippen LogP contribution in [-0.4, -0.2) is 47.7 Å². The van der Waals surface area contributed by atoms with Gasteiger partial charge in [0.25, 0.3) is 0 Å². The molecule has 1 saturated heterocycles. The Kier molecular flexibility index (Phi) is 5.47. The van der Waals surface area contributed by atoms with Crippen LogP contribution in [0.25, 0.3) is 0 Å². The second kappa shape index (κ2) is 7.01. The Hall–Kier alpha value is -1.40. The molecule has 0 bridgehead atoms. The summed E-state index contributed by atoms with van der Waals surface area (Å²) in [6, 6.07) is 3.23. The molecular weight excluding hydrogens is 314 g/mol. The molecule has 0 radical (unpaired) electrons. The van der Waals surface area contributed by atoms with Crippen LogP contribution in [0.1, 0.15) is 44.3 Å². The Morgan fingerprint density at radius 2 is 2.09 bits per heavy atom. The number of ether oxygens (including phenoxy) is 2. The second-order valence-corrected chi connectivity index (χ2v) is 7.92. The highest BCUT2D eigenvalue weighted by molar-refractivity contribution is 7.12. The first-order valence-corrected chi connectivity index (χ1v) is 8.75. The van der Waals surface area contributed by atoms with Crippen molar-refractivity contribution >= 4 is 23.2 Å². The lowest BCUT2D eigenvalue weighted by molar-refractivity contribution is -0.0652. The first kappa shape index (κ1) is 17.9. The minimum Gasteiger partial charge on any atom is -0.444 e. The quantitative estimate of drug-likeness (QED) is 0.790. The largest absolute Gasteiger partial charge is 0.444 e. The Bertz CT molecular complexity index is 549. The summed E-state index contributed by atoms with van der Waals surface area (Å²) < 4.78 is 11.1. The molecule has 2 heterocycles. The van der Waals surface area contributed by atoms with Crippen LogP contribution >= 0.6 is 11.3 Å². The zero-order chi connectivity index (χ0) is 17.2. The summed E-state index contributed by atoms with van der Waals surface area (Å²) in [4.78, 5) is 27.6. The number of rotatable bonds is 3. The molecule has 128 valence electrons. The van der Waals surface area contributed by atoms with Gasteiger partial charge in [-0.25, -0.2) is 4.79 Å². The molecule has 1 aromatic heterocycles. The Balaban J connectivity index is 2.19. The number of nitrogens with zero attached hydrogens (tertiary/aromatic N) is 1. The summed E-state index contributed by atoms with van der Waals surface area (Å²) >= 11 is 1.42. The summed E-state index contributed by atoms with van der Waals surface area (Å²) in [5.41, 5.74) is -0.569. The number of amides is 1. The summed E-state index contributed by atoms with van der Waals surface area (Å²) in [6.45, 7) is 10.1. The molecule has 23 heavy (non-hydrogen) atoms. The maximum atomic E-state index is 12.6. The summed E-state index contributed by atoms with van der Waals surface area (Å²) in [5, 5.41) is 1.88. The molecule has 6 heteroatoms. The van der Waals surface area contributed by atoms with E-state index in [1.165, 1.54) is 11.3 Å². The molecule has 0 N–H and O–H groups in total. The molecular formula is C17H25NO4S. The predicted molar refractivity (Wildman–Crippen MR) is 90.0 cm³/mol. The van der Waals surface area contributed by atoms with E-state index in [9.17, 15) is 9.59 Å². The maximum absolute atomic E-state index is 12.6. The second-order valence-electron chi connectivity index (χ2n) is 6.97. The van der Waals surface area contributed by atoms with E-state index in [2.05, 4.69) is 0 Å². The molecule has 1 aliphatic rings. The standard InChI is InChI=1S/C17H25NO4S/c1-11-9-21-10-13(18(11)16(20)22-17(3,4)5)12(2)15(19)14-7-6-8-23-14/h6-8,11-13H,9-10H2,1-5H3. The van der Waals surface area contributed by atoms with Crippen molar-refractivity contribution in [1.82, 2.24) is 4.90 Å². The Labute approximate surface area is 141 Å². The third-order valence-corrected chi connectivity index (χ3v) is 4.72. The van der Waals surface area contributed by atoms with E-state index in [-0.39, 0.29) is 29.9 Å². The molecule has 1 fully saturated rings. The van der Waals surface area contributed by atoms with Crippen LogP contribution in [0.4, 0.5) is 4.79 Å². The number of hydrogen-bond donors (Lipinski definition) is 0. The van der Waals surface area contributed by atoms with Gasteiger partial charge in [0.1, 0.15) is 5.60 Å². The van der Waals surface area contributed by atoms with E-state index in [1.807, 2.05) is 52.1 Å². The molecule has 0 aliphatic carbocycles. The zero-order valence-electron chi connectivity index (χ0n) is 14.4. The van der Waals surface area contributed by atoms with E-state index in [0.717, 1.165) is 0 Å². The average Bonchev–Trinajstić information content (AvgIpc) is 2.97. The molecule has 3 atom stereocenters. The Morgan fingerprint density at radius 3 is 2.65 bits per heavy atom. The highest BCUT2D eigenvalue weighted by atomic mass is 32.1. The first-order valence-electron chi connectivity index (χ1n) is 7.87. The molecule has 5 nitrogen and oxygen atoms in total. The molecule has 0 saturated carbocycles. The smallest absolute Gasteiger partial charge is 0.410 e. The predicted octanol–water partition coefficient (Wildman–Crippen LogP) is 3.59. The fourth-order valence-corrected chi connectivity index (χ4v) is 3.44. The fraction of sp³-hybridized carbons (Fsp3) is 0.647. The van der Waals surface area contributed by atoms with E-state index in [1.54, 1.807) is 4.90 Å². The maximum Gasteiger partial charge on any atom is 0.410 e. The average molecular weight is 339 g/mol. The molecule has 2 rings (SSSR count). The van der Waals surface area contributed by atoms with E-state index >= 15 is 0 Å². The van der Waals surface area contributed by atoms with Gasteiger partial charge >= 0.3 is 6.09 Å². The molecule has 1 aromatic rings. The molecule has 1 amide bonds. The summed E-state index contributed by atoms with van der Waals surface area (Å²) in [5.74, 6) is -0.305. The number of hydrogen-bond acceptors (Lipinski definition) is 5. The molecule has 1 aliphatic heterocycles. The first-order chi connectivity index (χ1) is 10.7. The van der Waals surface area contributed by atoms with Gasteiger partial charge in [-0.05, 0) is 39.1 Å². The molecule has 0 aromatic carbocycles. The van der Waals surface area contributed by atoms with Crippen molar-refractivity contribution in [2.24, 2.45) is 5.92 Å². The fourth-order valence-electron chi connectivity index (χ4n) is 2.68. The summed E-state index contributed by atoms with van der Waals surface area (Å²) in [6.07, 6.45) is -0.385. The highest BCUT2D eigenvalue weighted by Gasteiger charge is 2.40. The van der Waals surface area contributed by atoms with E-state index in [0.29, 0.717) is 18.1 Å². The number of carbonyl (C=O) groups excluding carboxylic acids is 2. The lowest BCUT2D eigenvalue weighted by Gasteiger charge is -2.42. The summed E-state index contributed by atoms with van der Waals surface area (Å²) in [7, 11) is 0. The minimum atomic E-state index is -0.569. The third-order valence-electron chi connectivity index (χ3n) is 3.84. The number of thiophene rings is 1. The van der Waals surface area contributed by atoms with Crippen molar-refractivity contribution in [1.29, 1.82) is 0 Å². The number of Topliss-reactive ketones (excluding diaryl/α,β-unsaturated/α-hetero) is 1. The van der Waals surface area contributed by atoms with E-state index in [4.69, 9.17) is 9.47 Å². The van der Waals surface area contributed by atoms with Crippen molar-refractivity contribution in [2.45, 2.75) is 52.3 Å². The van der Waals surface area contributed by atoms with Crippen LogP contribution in [0.2, 0.25) is 0 Å². The zero-order valence-corrected chi connectivity index (χ0v) is 15.2. The van der Waals surface area contributed by atoms with Gasteiger partial charge < -0.3 is 9.47 Å². The van der Waals surface area contributed by atoms with Gasteiger partial charge in [-0.2, -0.15) is 0 Å². The van der Waals surface area contributed by atoms with Crippen LogP contribution in [-0.2, 0) is 9.47 Å². The van der Waals surface area contributed by atoms with Gasteiger partial charge in [0.05, 0.1) is 30.2 Å². The van der Waals surface area contributed by atoms with Crippen LogP contribution in [0.5, 0.6) is 0 Å².